The first-order valence-corrected chi connectivity index (χ1v) is 8.31. The van der Waals surface area contributed by atoms with Gasteiger partial charge in [0.25, 0.3) is 11.8 Å². The molecule has 2 N–H and O–H groups in total. The lowest BCUT2D eigenvalue weighted by atomic mass is 10.1. The van der Waals surface area contributed by atoms with Crippen molar-refractivity contribution < 1.29 is 14.3 Å². The van der Waals surface area contributed by atoms with E-state index in [1.54, 1.807) is 31.2 Å². The Labute approximate surface area is 148 Å². The molecule has 0 unspecified atom stereocenters. The molecule has 0 heterocycles. The average molecular weight is 340 g/mol. The smallest absolute Gasteiger partial charge is 0.265 e. The van der Waals surface area contributed by atoms with E-state index in [9.17, 15) is 9.59 Å². The zero-order chi connectivity index (χ0) is 18.4. The quantitative estimate of drug-likeness (QED) is 0.845. The summed E-state index contributed by atoms with van der Waals surface area (Å²) < 4.78 is 5.66. The minimum atomic E-state index is -0.691. The van der Waals surface area contributed by atoms with Gasteiger partial charge in [-0.05, 0) is 52.0 Å². The molecular formula is C20H24N2O3. The molecule has 0 saturated heterocycles. The number of aryl methyl sites for hydroxylation is 1. The summed E-state index contributed by atoms with van der Waals surface area (Å²) in [6.45, 7) is 7.43. The summed E-state index contributed by atoms with van der Waals surface area (Å²) in [4.78, 5) is 24.7. The molecule has 0 aromatic heterocycles. The molecule has 0 aliphatic carbocycles. The number of nitrogens with one attached hydrogen (secondary N) is 2. The Morgan fingerprint density at radius 2 is 1.60 bits per heavy atom. The summed E-state index contributed by atoms with van der Waals surface area (Å²) in [5.41, 5.74) is 2.01. The fourth-order valence-electron chi connectivity index (χ4n) is 2.24. The van der Waals surface area contributed by atoms with Crippen molar-refractivity contribution in [3.8, 4) is 5.75 Å². The zero-order valence-corrected chi connectivity index (χ0v) is 15.0. The Bertz CT molecular complexity index is 739. The Morgan fingerprint density at radius 1 is 0.960 bits per heavy atom. The number of carbonyl (C=O) groups excluding carboxylic acids is 2. The number of benzene rings is 2. The van der Waals surface area contributed by atoms with E-state index >= 15 is 0 Å². The second-order valence-corrected chi connectivity index (χ2v) is 6.24. The molecule has 2 rings (SSSR count). The van der Waals surface area contributed by atoms with Crippen LogP contribution in [0.2, 0.25) is 0 Å². The monoisotopic (exact) mass is 340 g/mol. The van der Waals surface area contributed by atoms with Crippen molar-refractivity contribution in [2.45, 2.75) is 39.8 Å². The van der Waals surface area contributed by atoms with Gasteiger partial charge in [-0.1, -0.05) is 29.8 Å². The van der Waals surface area contributed by atoms with Crippen LogP contribution in [0.4, 0.5) is 5.69 Å². The van der Waals surface area contributed by atoms with Gasteiger partial charge in [0.2, 0.25) is 0 Å². The molecule has 0 spiro atoms. The molecule has 0 aliphatic rings. The van der Waals surface area contributed by atoms with Gasteiger partial charge in [0.15, 0.2) is 6.10 Å². The summed E-state index contributed by atoms with van der Waals surface area (Å²) in [6.07, 6.45) is -0.691. The first-order chi connectivity index (χ1) is 11.9. The predicted molar refractivity (Wildman–Crippen MR) is 98.9 cm³/mol. The number of anilines is 1. The Hall–Kier alpha value is -2.82. The first-order valence-electron chi connectivity index (χ1n) is 8.31. The molecule has 2 aromatic carbocycles. The number of para-hydroxylation sites is 1. The maximum atomic E-state index is 12.4. The standard InChI is InChI=1S/C20H24N2O3/c1-13(2)21-20(24)17-7-5-6-8-18(17)22-19(23)15(4)25-16-11-9-14(3)10-12-16/h5-13,15H,1-4H3,(H,21,24)(H,22,23)/t15-/m0/s1. The van der Waals surface area contributed by atoms with Crippen LogP contribution in [-0.2, 0) is 4.79 Å². The van der Waals surface area contributed by atoms with Crippen LogP contribution in [0, 0.1) is 6.92 Å². The summed E-state index contributed by atoms with van der Waals surface area (Å²) >= 11 is 0. The van der Waals surface area contributed by atoms with Crippen LogP contribution in [-0.4, -0.2) is 24.0 Å². The van der Waals surface area contributed by atoms with Crippen molar-refractivity contribution in [2.24, 2.45) is 0 Å². The van der Waals surface area contributed by atoms with Gasteiger partial charge in [-0.3, -0.25) is 9.59 Å². The normalized spacial score (nSPS) is 11.7. The minimum absolute atomic E-state index is 0.0139. The number of hydrogen-bond acceptors (Lipinski definition) is 3. The third-order valence-corrected chi connectivity index (χ3v) is 3.55. The van der Waals surface area contributed by atoms with E-state index in [1.165, 1.54) is 0 Å². The van der Waals surface area contributed by atoms with E-state index < -0.39 is 6.10 Å². The lowest BCUT2D eigenvalue weighted by molar-refractivity contribution is -0.122. The van der Waals surface area contributed by atoms with Gasteiger partial charge in [-0.2, -0.15) is 0 Å². The predicted octanol–water partition coefficient (Wildman–Crippen LogP) is 3.54. The van der Waals surface area contributed by atoms with E-state index in [1.807, 2.05) is 45.0 Å². The van der Waals surface area contributed by atoms with Crippen molar-refractivity contribution >= 4 is 17.5 Å². The second kappa shape index (κ2) is 8.33. The number of rotatable bonds is 6. The molecule has 2 aromatic rings. The highest BCUT2D eigenvalue weighted by atomic mass is 16.5. The van der Waals surface area contributed by atoms with E-state index in [4.69, 9.17) is 4.74 Å². The van der Waals surface area contributed by atoms with Gasteiger partial charge in [-0.25, -0.2) is 0 Å². The molecule has 5 heteroatoms. The van der Waals surface area contributed by atoms with E-state index in [-0.39, 0.29) is 17.9 Å². The summed E-state index contributed by atoms with van der Waals surface area (Å²) in [7, 11) is 0. The lowest BCUT2D eigenvalue weighted by Crippen LogP contribution is -2.33. The summed E-state index contributed by atoms with van der Waals surface area (Å²) in [5, 5.41) is 5.60. The SMILES string of the molecule is Cc1ccc(O[C@@H](C)C(=O)Nc2ccccc2C(=O)NC(C)C)cc1. The van der Waals surface area contributed by atoms with Crippen LogP contribution in [0.1, 0.15) is 36.7 Å². The van der Waals surface area contributed by atoms with Gasteiger partial charge in [0, 0.05) is 6.04 Å². The highest BCUT2D eigenvalue weighted by Crippen LogP contribution is 2.17. The molecular weight excluding hydrogens is 316 g/mol. The van der Waals surface area contributed by atoms with Gasteiger partial charge >= 0.3 is 0 Å². The van der Waals surface area contributed by atoms with Gasteiger partial charge in [0.1, 0.15) is 5.75 Å². The topological polar surface area (TPSA) is 67.4 Å². The molecule has 0 saturated carbocycles. The van der Waals surface area contributed by atoms with Crippen molar-refractivity contribution in [2.75, 3.05) is 5.32 Å². The van der Waals surface area contributed by atoms with Crippen LogP contribution in [0.15, 0.2) is 48.5 Å². The fraction of sp³-hybridized carbons (Fsp3) is 0.300. The van der Waals surface area contributed by atoms with Crippen molar-refractivity contribution in [3.05, 3.63) is 59.7 Å². The van der Waals surface area contributed by atoms with E-state index in [0.29, 0.717) is 17.0 Å². The van der Waals surface area contributed by atoms with Gasteiger partial charge in [-0.15, -0.1) is 0 Å². The third kappa shape index (κ3) is 5.35. The minimum Gasteiger partial charge on any atom is -0.481 e. The summed E-state index contributed by atoms with van der Waals surface area (Å²) in [6, 6.07) is 14.4. The second-order valence-electron chi connectivity index (χ2n) is 6.24. The Balaban J connectivity index is 2.07. The molecule has 2 amide bonds. The Kier molecular flexibility index (Phi) is 6.17. The lowest BCUT2D eigenvalue weighted by Gasteiger charge is -2.17. The van der Waals surface area contributed by atoms with E-state index in [2.05, 4.69) is 10.6 Å². The van der Waals surface area contributed by atoms with Crippen LogP contribution >= 0.6 is 0 Å². The molecule has 0 radical (unpaired) electrons. The Morgan fingerprint density at radius 3 is 2.24 bits per heavy atom. The maximum absolute atomic E-state index is 12.4. The van der Waals surface area contributed by atoms with Gasteiger partial charge < -0.3 is 15.4 Å². The number of carbonyl (C=O) groups is 2. The van der Waals surface area contributed by atoms with Crippen LogP contribution < -0.4 is 15.4 Å². The summed E-state index contributed by atoms with van der Waals surface area (Å²) in [5.74, 6) is 0.0856. The van der Waals surface area contributed by atoms with Crippen molar-refractivity contribution in [3.63, 3.8) is 0 Å². The largest absolute Gasteiger partial charge is 0.481 e. The molecule has 0 aliphatic heterocycles. The molecule has 0 fully saturated rings. The van der Waals surface area contributed by atoms with Crippen LogP contribution in [0.5, 0.6) is 5.75 Å². The fourth-order valence-corrected chi connectivity index (χ4v) is 2.24. The molecule has 132 valence electrons. The van der Waals surface area contributed by atoms with Crippen molar-refractivity contribution in [1.29, 1.82) is 0 Å². The molecule has 0 bridgehead atoms. The third-order valence-electron chi connectivity index (χ3n) is 3.55. The maximum Gasteiger partial charge on any atom is 0.265 e. The number of ether oxygens (including phenoxy) is 1. The van der Waals surface area contributed by atoms with Crippen LogP contribution in [0.25, 0.3) is 0 Å². The molecule has 25 heavy (non-hydrogen) atoms. The zero-order valence-electron chi connectivity index (χ0n) is 15.0. The number of hydrogen-bond donors (Lipinski definition) is 2. The highest BCUT2D eigenvalue weighted by Gasteiger charge is 2.18. The van der Waals surface area contributed by atoms with Crippen LogP contribution in [0.3, 0.4) is 0 Å². The van der Waals surface area contributed by atoms with Gasteiger partial charge in [0.05, 0.1) is 11.3 Å². The first kappa shape index (κ1) is 18.5. The number of amides is 2. The van der Waals surface area contributed by atoms with E-state index in [0.717, 1.165) is 5.56 Å². The molecule has 5 nitrogen and oxygen atoms in total. The molecule has 1 atom stereocenters. The highest BCUT2D eigenvalue weighted by molar-refractivity contribution is 6.04. The van der Waals surface area contributed by atoms with Crippen molar-refractivity contribution in [1.82, 2.24) is 5.32 Å². The average Bonchev–Trinajstić information content (AvgIpc) is 2.56.